The molecule has 0 fully saturated rings. The van der Waals surface area contributed by atoms with E-state index in [1.807, 2.05) is 6.07 Å². The lowest BCUT2D eigenvalue weighted by molar-refractivity contribution is 0.414. The van der Waals surface area contributed by atoms with Gasteiger partial charge in [-0.1, -0.05) is 12.1 Å². The second kappa shape index (κ2) is 6.13. The summed E-state index contributed by atoms with van der Waals surface area (Å²) < 4.78 is 34.3. The number of rotatable bonds is 5. The van der Waals surface area contributed by atoms with Crippen molar-refractivity contribution in [3.05, 3.63) is 67.0 Å². The molecule has 0 bridgehead atoms. The molecule has 0 aliphatic carbocycles. The molecule has 6 nitrogen and oxygen atoms in total. The molecule has 1 heterocycles. The molecule has 23 heavy (non-hydrogen) atoms. The first-order chi connectivity index (χ1) is 11.1. The molecule has 1 N–H and O–H groups in total. The van der Waals surface area contributed by atoms with Crippen molar-refractivity contribution in [1.82, 2.24) is 9.78 Å². The van der Waals surface area contributed by atoms with Crippen molar-refractivity contribution in [3.63, 3.8) is 0 Å². The van der Waals surface area contributed by atoms with Gasteiger partial charge in [-0.2, -0.15) is 5.10 Å². The Morgan fingerprint density at radius 3 is 2.43 bits per heavy atom. The van der Waals surface area contributed by atoms with Crippen molar-refractivity contribution in [2.45, 2.75) is 4.90 Å². The smallest absolute Gasteiger partial charge is 0.261 e. The molecule has 0 unspecified atom stereocenters. The van der Waals surface area contributed by atoms with Gasteiger partial charge in [0, 0.05) is 12.4 Å². The molecule has 0 saturated carbocycles. The summed E-state index contributed by atoms with van der Waals surface area (Å²) in [5, 5.41) is 4.14. The maximum atomic E-state index is 12.5. The fraction of sp³-hybridized carbons (Fsp3) is 0.0625. The second-order valence-corrected chi connectivity index (χ2v) is 6.43. The summed E-state index contributed by atoms with van der Waals surface area (Å²) in [6, 6.07) is 15.0. The molecule has 3 rings (SSSR count). The Labute approximate surface area is 134 Å². The third-order valence-corrected chi connectivity index (χ3v) is 4.65. The van der Waals surface area contributed by atoms with Gasteiger partial charge in [-0.05, 0) is 42.5 Å². The quantitative estimate of drug-likeness (QED) is 0.781. The molecule has 7 heteroatoms. The van der Waals surface area contributed by atoms with Crippen molar-refractivity contribution in [1.29, 1.82) is 0 Å². The zero-order valence-corrected chi connectivity index (χ0v) is 13.2. The number of hydrogen-bond donors (Lipinski definition) is 1. The van der Waals surface area contributed by atoms with Crippen LogP contribution in [0.1, 0.15) is 0 Å². The maximum absolute atomic E-state index is 12.5. The van der Waals surface area contributed by atoms with Crippen molar-refractivity contribution >= 4 is 15.7 Å². The van der Waals surface area contributed by atoms with Gasteiger partial charge in [0.2, 0.25) is 0 Å². The molecule has 3 aromatic rings. The van der Waals surface area contributed by atoms with E-state index in [4.69, 9.17) is 4.74 Å². The Morgan fingerprint density at radius 1 is 1.04 bits per heavy atom. The van der Waals surface area contributed by atoms with E-state index in [1.54, 1.807) is 53.5 Å². The molecule has 0 amide bonds. The molecule has 0 aliphatic heterocycles. The number of benzene rings is 2. The van der Waals surface area contributed by atoms with E-state index < -0.39 is 10.0 Å². The molecule has 0 spiro atoms. The van der Waals surface area contributed by atoms with Gasteiger partial charge in [0.05, 0.1) is 23.4 Å². The van der Waals surface area contributed by atoms with E-state index in [0.717, 1.165) is 0 Å². The first-order valence-corrected chi connectivity index (χ1v) is 8.34. The topological polar surface area (TPSA) is 73.2 Å². The fourth-order valence-corrected chi connectivity index (χ4v) is 3.20. The van der Waals surface area contributed by atoms with Crippen LogP contribution >= 0.6 is 0 Å². The zero-order valence-electron chi connectivity index (χ0n) is 12.4. The van der Waals surface area contributed by atoms with Crippen molar-refractivity contribution in [2.24, 2.45) is 0 Å². The van der Waals surface area contributed by atoms with E-state index >= 15 is 0 Å². The number of anilines is 1. The molecule has 0 atom stereocenters. The van der Waals surface area contributed by atoms with Crippen LogP contribution in [0.25, 0.3) is 5.69 Å². The van der Waals surface area contributed by atoms with Gasteiger partial charge in [-0.15, -0.1) is 0 Å². The minimum atomic E-state index is -3.70. The molecule has 0 saturated heterocycles. The van der Waals surface area contributed by atoms with Gasteiger partial charge in [0.15, 0.2) is 0 Å². The SMILES string of the molecule is COc1ccc(S(=O)(=O)Nc2ccccc2-n2cccn2)cc1. The number of para-hydroxylation sites is 2. The number of nitrogens with one attached hydrogen (secondary N) is 1. The molecule has 118 valence electrons. The lowest BCUT2D eigenvalue weighted by atomic mass is 10.3. The predicted octanol–water partition coefficient (Wildman–Crippen LogP) is 2.68. The Hall–Kier alpha value is -2.80. The van der Waals surface area contributed by atoms with Crippen LogP contribution < -0.4 is 9.46 Å². The van der Waals surface area contributed by atoms with Crippen molar-refractivity contribution in [3.8, 4) is 11.4 Å². The Kier molecular flexibility index (Phi) is 4.03. The third kappa shape index (κ3) is 3.19. The number of aromatic nitrogens is 2. The van der Waals surface area contributed by atoms with Crippen molar-refractivity contribution in [2.75, 3.05) is 11.8 Å². The number of methoxy groups -OCH3 is 1. The molecular weight excluding hydrogens is 314 g/mol. The molecule has 2 aromatic carbocycles. The van der Waals surface area contributed by atoms with Gasteiger partial charge in [-0.3, -0.25) is 4.72 Å². The van der Waals surface area contributed by atoms with Gasteiger partial charge >= 0.3 is 0 Å². The standard InChI is InChI=1S/C16H15N3O3S/c1-22-13-7-9-14(10-8-13)23(20,21)18-15-5-2-3-6-16(15)19-12-4-11-17-19/h2-12,18H,1H3. The molecular formula is C16H15N3O3S. The molecule has 1 aromatic heterocycles. The summed E-state index contributed by atoms with van der Waals surface area (Å²) in [5.41, 5.74) is 1.10. The van der Waals surface area contributed by atoms with Crippen LogP contribution in [0.15, 0.2) is 71.9 Å². The number of nitrogens with zero attached hydrogens (tertiary/aromatic N) is 2. The number of hydrogen-bond acceptors (Lipinski definition) is 4. The van der Waals surface area contributed by atoms with Crippen LogP contribution in [-0.4, -0.2) is 25.3 Å². The highest BCUT2D eigenvalue weighted by molar-refractivity contribution is 7.92. The van der Waals surface area contributed by atoms with E-state index in [-0.39, 0.29) is 4.90 Å². The second-order valence-electron chi connectivity index (χ2n) is 4.75. The van der Waals surface area contributed by atoms with Crippen molar-refractivity contribution < 1.29 is 13.2 Å². The van der Waals surface area contributed by atoms with E-state index in [1.165, 1.54) is 19.2 Å². The largest absolute Gasteiger partial charge is 0.497 e. The summed E-state index contributed by atoms with van der Waals surface area (Å²) in [4.78, 5) is 0.161. The van der Waals surface area contributed by atoms with Gasteiger partial charge in [0.1, 0.15) is 5.75 Å². The number of sulfonamides is 1. The van der Waals surface area contributed by atoms with E-state index in [0.29, 0.717) is 17.1 Å². The van der Waals surface area contributed by atoms with Crippen LogP contribution in [0, 0.1) is 0 Å². The molecule has 0 aliphatic rings. The lowest BCUT2D eigenvalue weighted by Crippen LogP contribution is -2.14. The van der Waals surface area contributed by atoms with Crippen LogP contribution in [-0.2, 0) is 10.0 Å². The average Bonchev–Trinajstić information content (AvgIpc) is 3.09. The summed E-state index contributed by atoms with van der Waals surface area (Å²) >= 11 is 0. The van der Waals surface area contributed by atoms with Gasteiger partial charge in [-0.25, -0.2) is 13.1 Å². The van der Waals surface area contributed by atoms with Crippen LogP contribution in [0.5, 0.6) is 5.75 Å². The highest BCUT2D eigenvalue weighted by atomic mass is 32.2. The summed E-state index contributed by atoms with van der Waals surface area (Å²) in [6.07, 6.45) is 3.38. The first kappa shape index (κ1) is 15.1. The zero-order chi connectivity index (χ0) is 16.3. The number of ether oxygens (including phenoxy) is 1. The Morgan fingerprint density at radius 2 is 1.78 bits per heavy atom. The van der Waals surface area contributed by atoms with Gasteiger partial charge in [0.25, 0.3) is 10.0 Å². The van der Waals surface area contributed by atoms with Crippen LogP contribution in [0.4, 0.5) is 5.69 Å². The fourth-order valence-electron chi connectivity index (χ4n) is 2.13. The Balaban J connectivity index is 1.95. The summed E-state index contributed by atoms with van der Waals surface area (Å²) in [5.74, 6) is 0.598. The highest BCUT2D eigenvalue weighted by Gasteiger charge is 2.16. The first-order valence-electron chi connectivity index (χ1n) is 6.86. The highest BCUT2D eigenvalue weighted by Crippen LogP contribution is 2.23. The summed E-state index contributed by atoms with van der Waals surface area (Å²) in [6.45, 7) is 0. The Bertz CT molecular complexity index is 889. The maximum Gasteiger partial charge on any atom is 0.261 e. The third-order valence-electron chi connectivity index (χ3n) is 3.27. The monoisotopic (exact) mass is 329 g/mol. The predicted molar refractivity (Wildman–Crippen MR) is 87.4 cm³/mol. The minimum absolute atomic E-state index is 0.161. The normalized spacial score (nSPS) is 11.2. The van der Waals surface area contributed by atoms with E-state index in [9.17, 15) is 8.42 Å². The molecule has 0 radical (unpaired) electrons. The van der Waals surface area contributed by atoms with Crippen LogP contribution in [0.2, 0.25) is 0 Å². The minimum Gasteiger partial charge on any atom is -0.497 e. The van der Waals surface area contributed by atoms with E-state index in [2.05, 4.69) is 9.82 Å². The van der Waals surface area contributed by atoms with Gasteiger partial charge < -0.3 is 4.74 Å². The van der Waals surface area contributed by atoms with Crippen LogP contribution in [0.3, 0.4) is 0 Å². The average molecular weight is 329 g/mol. The summed E-state index contributed by atoms with van der Waals surface area (Å²) in [7, 11) is -2.17. The lowest BCUT2D eigenvalue weighted by Gasteiger charge is -2.12.